The Labute approximate surface area is 112 Å². The fourth-order valence-electron chi connectivity index (χ4n) is 0.907. The molecule has 0 bridgehead atoms. The van der Waals surface area contributed by atoms with Crippen molar-refractivity contribution >= 4 is 33.6 Å². The first kappa shape index (κ1) is 14.9. The molecule has 0 aliphatic heterocycles. The van der Waals surface area contributed by atoms with Crippen LogP contribution in [0.25, 0.3) is 0 Å². The van der Waals surface area contributed by atoms with Gasteiger partial charge in [0, 0.05) is 5.71 Å². The minimum Gasteiger partial charge on any atom is -0.396 e. The average Bonchev–Trinajstić information content (AvgIpc) is 2.85. The maximum absolute atomic E-state index is 11.6. The normalized spacial score (nSPS) is 12.5. The maximum Gasteiger partial charge on any atom is 0.433 e. The SMILES string of the molecule is CCC(C)=NN=C(N)SC(=O)c1ccc([N+](=O)[O-])o1. The molecule has 0 aliphatic carbocycles. The van der Waals surface area contributed by atoms with Crippen molar-refractivity contribution in [2.75, 3.05) is 0 Å². The number of thioether (sulfide) groups is 1. The van der Waals surface area contributed by atoms with Gasteiger partial charge >= 0.3 is 5.88 Å². The monoisotopic (exact) mass is 284 g/mol. The summed E-state index contributed by atoms with van der Waals surface area (Å²) in [5.41, 5.74) is 6.26. The van der Waals surface area contributed by atoms with Gasteiger partial charge in [-0.1, -0.05) is 6.92 Å². The van der Waals surface area contributed by atoms with Crippen LogP contribution < -0.4 is 5.73 Å². The first-order valence-corrected chi connectivity index (χ1v) is 6.08. The summed E-state index contributed by atoms with van der Waals surface area (Å²) in [4.78, 5) is 21.3. The molecule has 8 nitrogen and oxygen atoms in total. The smallest absolute Gasteiger partial charge is 0.396 e. The minimum atomic E-state index is -0.728. The highest BCUT2D eigenvalue weighted by Gasteiger charge is 2.18. The summed E-state index contributed by atoms with van der Waals surface area (Å²) < 4.78 is 4.74. The van der Waals surface area contributed by atoms with Gasteiger partial charge < -0.3 is 10.2 Å². The quantitative estimate of drug-likeness (QED) is 0.391. The van der Waals surface area contributed by atoms with Crippen molar-refractivity contribution in [3.63, 3.8) is 0 Å². The van der Waals surface area contributed by atoms with Gasteiger partial charge in [-0.25, -0.2) is 0 Å². The highest BCUT2D eigenvalue weighted by molar-refractivity contribution is 8.26. The number of amidine groups is 1. The van der Waals surface area contributed by atoms with Gasteiger partial charge in [-0.3, -0.25) is 14.9 Å². The van der Waals surface area contributed by atoms with E-state index in [9.17, 15) is 14.9 Å². The molecular formula is C10H12N4O4S. The van der Waals surface area contributed by atoms with Gasteiger partial charge in [0.2, 0.25) is 0 Å². The van der Waals surface area contributed by atoms with E-state index >= 15 is 0 Å². The molecule has 2 N–H and O–H groups in total. The zero-order valence-electron chi connectivity index (χ0n) is 10.3. The highest BCUT2D eigenvalue weighted by atomic mass is 32.2. The minimum absolute atomic E-state index is 0.0585. The van der Waals surface area contributed by atoms with Gasteiger partial charge in [0.15, 0.2) is 10.9 Å². The Morgan fingerprint density at radius 2 is 2.21 bits per heavy atom. The number of nitro groups is 1. The van der Waals surface area contributed by atoms with E-state index < -0.39 is 15.9 Å². The van der Waals surface area contributed by atoms with Crippen molar-refractivity contribution in [2.45, 2.75) is 20.3 Å². The van der Waals surface area contributed by atoms with Crippen LogP contribution >= 0.6 is 11.8 Å². The predicted molar refractivity (Wildman–Crippen MR) is 72.3 cm³/mol. The van der Waals surface area contributed by atoms with E-state index in [1.165, 1.54) is 6.07 Å². The zero-order chi connectivity index (χ0) is 14.4. The van der Waals surface area contributed by atoms with E-state index in [1.807, 2.05) is 6.92 Å². The number of hydrogen-bond donors (Lipinski definition) is 1. The van der Waals surface area contributed by atoms with Crippen LogP contribution in [-0.4, -0.2) is 20.9 Å². The lowest BCUT2D eigenvalue weighted by atomic mass is 10.3. The second-order valence-electron chi connectivity index (χ2n) is 3.41. The van der Waals surface area contributed by atoms with Crippen molar-refractivity contribution in [1.82, 2.24) is 0 Å². The van der Waals surface area contributed by atoms with E-state index in [0.29, 0.717) is 11.8 Å². The molecule has 0 atom stereocenters. The second kappa shape index (κ2) is 6.69. The van der Waals surface area contributed by atoms with Gasteiger partial charge in [0.25, 0.3) is 5.12 Å². The van der Waals surface area contributed by atoms with Crippen molar-refractivity contribution in [3.05, 3.63) is 28.0 Å². The molecule has 0 aromatic carbocycles. The van der Waals surface area contributed by atoms with Crippen molar-refractivity contribution in [2.24, 2.45) is 15.9 Å². The standard InChI is InChI=1S/C10H12N4O4S/c1-3-6(2)12-13-10(11)19-9(15)7-4-5-8(18-7)14(16)17/h4-5H,3H2,1-2H3,(H2,11,13). The lowest BCUT2D eigenvalue weighted by Crippen LogP contribution is -2.09. The summed E-state index contributed by atoms with van der Waals surface area (Å²) in [6.45, 7) is 3.68. The third-order valence-electron chi connectivity index (χ3n) is 2.00. The number of carbonyl (C=O) groups is 1. The molecule has 0 spiro atoms. The molecule has 0 aliphatic rings. The first-order chi connectivity index (χ1) is 8.93. The summed E-state index contributed by atoms with van der Waals surface area (Å²) in [6, 6.07) is 2.31. The van der Waals surface area contributed by atoms with E-state index in [2.05, 4.69) is 10.2 Å². The van der Waals surface area contributed by atoms with Crippen LogP contribution in [0.3, 0.4) is 0 Å². The van der Waals surface area contributed by atoms with E-state index in [4.69, 9.17) is 10.2 Å². The molecule has 19 heavy (non-hydrogen) atoms. The van der Waals surface area contributed by atoms with Crippen molar-refractivity contribution in [3.8, 4) is 0 Å². The molecule has 1 rings (SSSR count). The topological polar surface area (TPSA) is 124 Å². The Hall–Kier alpha value is -2.16. The van der Waals surface area contributed by atoms with Gasteiger partial charge in [0.1, 0.15) is 4.92 Å². The third kappa shape index (κ3) is 4.54. The van der Waals surface area contributed by atoms with E-state index in [0.717, 1.165) is 18.2 Å². The zero-order valence-corrected chi connectivity index (χ0v) is 11.1. The fourth-order valence-corrected chi connectivity index (χ4v) is 1.39. The highest BCUT2D eigenvalue weighted by Crippen LogP contribution is 2.20. The number of nitrogens with two attached hydrogens (primary N) is 1. The average molecular weight is 284 g/mol. The van der Waals surface area contributed by atoms with Crippen LogP contribution in [-0.2, 0) is 0 Å². The van der Waals surface area contributed by atoms with Crippen LogP contribution in [0.1, 0.15) is 30.8 Å². The number of rotatable bonds is 4. The number of carbonyl (C=O) groups excluding carboxylic acids is 1. The van der Waals surface area contributed by atoms with E-state index in [1.54, 1.807) is 6.92 Å². The molecule has 1 heterocycles. The molecule has 9 heteroatoms. The molecular weight excluding hydrogens is 272 g/mol. The molecule has 0 amide bonds. The van der Waals surface area contributed by atoms with Crippen molar-refractivity contribution < 1.29 is 14.1 Å². The summed E-state index contributed by atoms with van der Waals surface area (Å²) in [5, 5.41) is 17.2. The maximum atomic E-state index is 11.6. The Morgan fingerprint density at radius 3 is 2.74 bits per heavy atom. The molecule has 0 saturated heterocycles. The summed E-state index contributed by atoms with van der Waals surface area (Å²) in [6.07, 6.45) is 0.722. The van der Waals surface area contributed by atoms with Gasteiger partial charge in [0.05, 0.1) is 6.07 Å². The predicted octanol–water partition coefficient (Wildman–Crippen LogP) is 2.16. The molecule has 0 saturated carbocycles. The summed E-state index contributed by atoms with van der Waals surface area (Å²) in [7, 11) is 0. The molecule has 0 unspecified atom stereocenters. The molecule has 0 radical (unpaired) electrons. The van der Waals surface area contributed by atoms with Gasteiger partial charge in [-0.15, -0.1) is 5.10 Å². The Balaban J connectivity index is 2.71. The van der Waals surface area contributed by atoms with E-state index in [-0.39, 0.29) is 10.9 Å². The van der Waals surface area contributed by atoms with Gasteiger partial charge in [-0.05, 0) is 31.2 Å². The van der Waals surface area contributed by atoms with Crippen LogP contribution in [0.5, 0.6) is 0 Å². The molecule has 1 aromatic rings. The molecule has 0 fully saturated rings. The Morgan fingerprint density at radius 1 is 1.53 bits per heavy atom. The second-order valence-corrected chi connectivity index (χ2v) is 4.40. The van der Waals surface area contributed by atoms with Crippen LogP contribution in [0.2, 0.25) is 0 Å². The lowest BCUT2D eigenvalue weighted by molar-refractivity contribution is -0.402. The molecule has 102 valence electrons. The Bertz CT molecular complexity index is 549. The lowest BCUT2D eigenvalue weighted by Gasteiger charge is -1.95. The fraction of sp³-hybridized carbons (Fsp3) is 0.300. The summed E-state index contributed by atoms with van der Waals surface area (Å²) in [5.74, 6) is -0.662. The van der Waals surface area contributed by atoms with Crippen LogP contribution in [0.4, 0.5) is 5.88 Å². The van der Waals surface area contributed by atoms with Crippen molar-refractivity contribution in [1.29, 1.82) is 0 Å². The number of furan rings is 1. The van der Waals surface area contributed by atoms with Crippen LogP contribution in [0, 0.1) is 10.1 Å². The number of nitrogens with zero attached hydrogens (tertiary/aromatic N) is 3. The van der Waals surface area contributed by atoms with Gasteiger partial charge in [-0.2, -0.15) is 5.10 Å². The third-order valence-corrected chi connectivity index (χ3v) is 2.68. The first-order valence-electron chi connectivity index (χ1n) is 5.27. The summed E-state index contributed by atoms with van der Waals surface area (Å²) >= 11 is 0.596. The number of hydrogen-bond acceptors (Lipinski definition) is 7. The Kier molecular flexibility index (Phi) is 5.24. The van der Waals surface area contributed by atoms with Crippen LogP contribution in [0.15, 0.2) is 26.8 Å². The largest absolute Gasteiger partial charge is 0.433 e. The molecule has 1 aromatic heterocycles.